The molecule has 0 aliphatic carbocycles. The van der Waals surface area contributed by atoms with Crippen LogP contribution in [0.25, 0.3) is 10.9 Å². The maximum absolute atomic E-state index is 11.5. The van der Waals surface area contributed by atoms with Crippen LogP contribution in [0.4, 0.5) is 0 Å². The minimum absolute atomic E-state index is 0.134. The second-order valence-electron chi connectivity index (χ2n) is 3.15. The van der Waals surface area contributed by atoms with Gasteiger partial charge in [0.05, 0.1) is 9.09 Å². The average Bonchev–Trinajstić information content (AvgIpc) is 2.52. The van der Waals surface area contributed by atoms with Gasteiger partial charge < -0.3 is 0 Å². The molecular formula is C11H7IN2O. The Morgan fingerprint density at radius 1 is 1.47 bits per heavy atom. The summed E-state index contributed by atoms with van der Waals surface area (Å²) in [5, 5.41) is 9.97. The highest BCUT2D eigenvalue weighted by Gasteiger charge is 2.16. The van der Waals surface area contributed by atoms with Gasteiger partial charge in [0, 0.05) is 12.3 Å². The van der Waals surface area contributed by atoms with Crippen molar-refractivity contribution in [3.05, 3.63) is 33.5 Å². The SMILES string of the molecule is CC(=O)n1c(C#N)c(I)c2ccccc21. The highest BCUT2D eigenvalue weighted by molar-refractivity contribution is 14.1. The third-order valence-electron chi connectivity index (χ3n) is 2.23. The molecule has 0 atom stereocenters. The molecule has 4 heteroatoms. The van der Waals surface area contributed by atoms with Crippen LogP contribution in [0.2, 0.25) is 0 Å². The maximum atomic E-state index is 11.5. The summed E-state index contributed by atoms with van der Waals surface area (Å²) in [7, 11) is 0. The topological polar surface area (TPSA) is 45.8 Å². The molecule has 0 N–H and O–H groups in total. The van der Waals surface area contributed by atoms with Crippen molar-refractivity contribution in [2.24, 2.45) is 0 Å². The van der Waals surface area contributed by atoms with Gasteiger partial charge in [-0.25, -0.2) is 0 Å². The Bertz CT molecular complexity index is 592. The first-order chi connectivity index (χ1) is 7.16. The van der Waals surface area contributed by atoms with Crippen molar-refractivity contribution in [2.75, 3.05) is 0 Å². The molecule has 0 aliphatic rings. The summed E-state index contributed by atoms with van der Waals surface area (Å²) in [6.45, 7) is 1.46. The van der Waals surface area contributed by atoms with Crippen LogP contribution >= 0.6 is 22.6 Å². The predicted octanol–water partition coefficient (Wildman–Crippen LogP) is 2.78. The van der Waals surface area contributed by atoms with Crippen LogP contribution in [0.15, 0.2) is 24.3 Å². The Morgan fingerprint density at radius 2 is 2.13 bits per heavy atom. The van der Waals surface area contributed by atoms with Crippen LogP contribution in [0.1, 0.15) is 17.4 Å². The van der Waals surface area contributed by atoms with E-state index in [4.69, 9.17) is 5.26 Å². The minimum atomic E-state index is -0.134. The monoisotopic (exact) mass is 310 g/mol. The molecule has 1 aromatic carbocycles. The molecule has 0 spiro atoms. The van der Waals surface area contributed by atoms with Crippen molar-refractivity contribution in [1.82, 2.24) is 4.57 Å². The van der Waals surface area contributed by atoms with Crippen LogP contribution in [0.5, 0.6) is 0 Å². The lowest BCUT2D eigenvalue weighted by atomic mass is 10.2. The number of carbonyl (C=O) groups is 1. The van der Waals surface area contributed by atoms with E-state index in [1.54, 1.807) is 0 Å². The first-order valence-corrected chi connectivity index (χ1v) is 5.44. The van der Waals surface area contributed by atoms with Crippen molar-refractivity contribution in [2.45, 2.75) is 6.92 Å². The van der Waals surface area contributed by atoms with Gasteiger partial charge in [-0.1, -0.05) is 18.2 Å². The molecule has 0 saturated heterocycles. The normalized spacial score (nSPS) is 10.2. The highest BCUT2D eigenvalue weighted by Crippen LogP contribution is 2.26. The van der Waals surface area contributed by atoms with E-state index in [1.807, 2.05) is 24.3 Å². The molecule has 0 amide bonds. The van der Waals surface area contributed by atoms with Crippen molar-refractivity contribution in [3.8, 4) is 6.07 Å². The fraction of sp³-hybridized carbons (Fsp3) is 0.0909. The van der Waals surface area contributed by atoms with E-state index in [2.05, 4.69) is 28.7 Å². The number of carbonyl (C=O) groups excluding carboxylic acids is 1. The quantitative estimate of drug-likeness (QED) is 0.702. The summed E-state index contributed by atoms with van der Waals surface area (Å²) >= 11 is 2.10. The van der Waals surface area contributed by atoms with Gasteiger partial charge >= 0.3 is 0 Å². The van der Waals surface area contributed by atoms with Gasteiger partial charge in [-0.15, -0.1) is 0 Å². The zero-order valence-corrected chi connectivity index (χ0v) is 10.1. The number of nitriles is 1. The van der Waals surface area contributed by atoms with Gasteiger partial charge in [0.25, 0.3) is 0 Å². The zero-order valence-electron chi connectivity index (χ0n) is 7.99. The number of halogens is 1. The molecule has 0 aliphatic heterocycles. The molecule has 74 valence electrons. The average molecular weight is 310 g/mol. The molecule has 0 unspecified atom stereocenters. The largest absolute Gasteiger partial charge is 0.274 e. The first-order valence-electron chi connectivity index (χ1n) is 4.36. The van der Waals surface area contributed by atoms with Crippen molar-refractivity contribution in [1.29, 1.82) is 5.26 Å². The van der Waals surface area contributed by atoms with Gasteiger partial charge in [-0.3, -0.25) is 9.36 Å². The van der Waals surface area contributed by atoms with Crippen LogP contribution in [-0.4, -0.2) is 10.5 Å². The van der Waals surface area contributed by atoms with Crippen molar-refractivity contribution >= 4 is 39.4 Å². The number of benzene rings is 1. The van der Waals surface area contributed by atoms with E-state index in [-0.39, 0.29) is 5.91 Å². The van der Waals surface area contributed by atoms with E-state index in [1.165, 1.54) is 11.5 Å². The molecule has 1 aromatic heterocycles. The molecule has 0 saturated carbocycles. The first kappa shape index (κ1) is 10.2. The van der Waals surface area contributed by atoms with Crippen LogP contribution < -0.4 is 0 Å². The molecule has 0 fully saturated rings. The summed E-state index contributed by atoms with van der Waals surface area (Å²) < 4.78 is 2.29. The fourth-order valence-corrected chi connectivity index (χ4v) is 2.44. The molecule has 2 aromatic rings. The predicted molar refractivity (Wildman–Crippen MR) is 65.7 cm³/mol. The number of hydrogen-bond acceptors (Lipinski definition) is 2. The van der Waals surface area contributed by atoms with Gasteiger partial charge in [0.2, 0.25) is 5.91 Å². The number of hydrogen-bond donors (Lipinski definition) is 0. The van der Waals surface area contributed by atoms with Gasteiger partial charge in [-0.2, -0.15) is 5.26 Å². The van der Waals surface area contributed by atoms with Crippen molar-refractivity contribution < 1.29 is 4.79 Å². The third-order valence-corrected chi connectivity index (χ3v) is 3.33. The maximum Gasteiger partial charge on any atom is 0.229 e. The standard InChI is InChI=1S/C11H7IN2O/c1-7(15)14-9-5-3-2-4-8(9)11(12)10(14)6-13/h2-5H,1H3. The number of para-hydroxylation sites is 1. The summed E-state index contributed by atoms with van der Waals surface area (Å²) in [4.78, 5) is 11.5. The molecule has 0 radical (unpaired) electrons. The lowest BCUT2D eigenvalue weighted by Gasteiger charge is -1.99. The lowest BCUT2D eigenvalue weighted by molar-refractivity contribution is 0.0940. The number of nitrogens with zero attached hydrogens (tertiary/aromatic N) is 2. The Kier molecular flexibility index (Phi) is 2.49. The molecule has 0 bridgehead atoms. The van der Waals surface area contributed by atoms with Gasteiger partial charge in [0.1, 0.15) is 11.8 Å². The van der Waals surface area contributed by atoms with E-state index in [9.17, 15) is 4.79 Å². The molecule has 15 heavy (non-hydrogen) atoms. The second-order valence-corrected chi connectivity index (χ2v) is 4.22. The van der Waals surface area contributed by atoms with E-state index < -0.39 is 0 Å². The van der Waals surface area contributed by atoms with E-state index in [0.29, 0.717) is 5.69 Å². The minimum Gasteiger partial charge on any atom is -0.274 e. The highest BCUT2D eigenvalue weighted by atomic mass is 127. The van der Waals surface area contributed by atoms with Crippen LogP contribution in [0, 0.1) is 14.9 Å². The number of aromatic nitrogens is 1. The molecule has 2 rings (SSSR count). The molecular weight excluding hydrogens is 303 g/mol. The smallest absolute Gasteiger partial charge is 0.229 e. The molecule has 1 heterocycles. The fourth-order valence-electron chi connectivity index (χ4n) is 1.63. The zero-order chi connectivity index (χ0) is 11.0. The Labute approximate surface area is 100 Å². The van der Waals surface area contributed by atoms with E-state index in [0.717, 1.165) is 14.5 Å². The summed E-state index contributed by atoms with van der Waals surface area (Å²) in [5.41, 5.74) is 1.22. The summed E-state index contributed by atoms with van der Waals surface area (Å²) in [6, 6.07) is 9.59. The summed E-state index contributed by atoms with van der Waals surface area (Å²) in [5.74, 6) is -0.134. The van der Waals surface area contributed by atoms with Crippen LogP contribution in [-0.2, 0) is 0 Å². The number of rotatable bonds is 0. The number of fused-ring (bicyclic) bond motifs is 1. The Hall–Kier alpha value is -1.35. The Balaban J connectivity index is 2.99. The van der Waals surface area contributed by atoms with Gasteiger partial charge in [0.15, 0.2) is 0 Å². The lowest BCUT2D eigenvalue weighted by Crippen LogP contribution is -2.07. The van der Waals surface area contributed by atoms with Crippen LogP contribution in [0.3, 0.4) is 0 Å². The Morgan fingerprint density at radius 3 is 2.73 bits per heavy atom. The second kappa shape index (κ2) is 3.66. The van der Waals surface area contributed by atoms with E-state index >= 15 is 0 Å². The van der Waals surface area contributed by atoms with Gasteiger partial charge in [-0.05, 0) is 28.7 Å². The third kappa shape index (κ3) is 1.43. The molecule has 3 nitrogen and oxygen atoms in total. The summed E-state index contributed by atoms with van der Waals surface area (Å²) in [6.07, 6.45) is 0. The van der Waals surface area contributed by atoms with Crippen molar-refractivity contribution in [3.63, 3.8) is 0 Å².